The molecule has 5 amide bonds. The van der Waals surface area contributed by atoms with Crippen molar-refractivity contribution in [3.05, 3.63) is 12.3 Å². The van der Waals surface area contributed by atoms with Crippen LogP contribution in [0.4, 0.5) is 9.59 Å². The Labute approximate surface area is 786 Å². The van der Waals surface area contributed by atoms with Gasteiger partial charge in [-0.05, 0) is 289 Å². The fraction of sp³-hybridized carbons (Fsp3) is 0.943. The van der Waals surface area contributed by atoms with Gasteiger partial charge >= 0.3 is 12.1 Å². The molecule has 1 saturated carbocycles. The number of carbonyl (C=O) groups excluding carboxylic acids is 4. The topological polar surface area (TPSA) is 133 Å². The van der Waals surface area contributed by atoms with Crippen molar-refractivity contribution in [1.82, 2.24) is 83.3 Å². The maximum absolute atomic E-state index is 12.1. The summed E-state index contributed by atoms with van der Waals surface area (Å²) >= 11 is 0. The van der Waals surface area contributed by atoms with Crippen molar-refractivity contribution in [3.63, 3.8) is 0 Å². The molecular weight excluding hydrogens is 1590 g/mol. The summed E-state index contributed by atoms with van der Waals surface area (Å²) in [7, 11) is 3.66. The van der Waals surface area contributed by atoms with E-state index in [9.17, 15) is 19.2 Å². The number of urea groups is 1. The Morgan fingerprint density at radius 3 is 0.859 bits per heavy atom. The number of amides is 5. The van der Waals surface area contributed by atoms with Gasteiger partial charge in [0.2, 0.25) is 11.8 Å². The van der Waals surface area contributed by atoms with Crippen LogP contribution in [0.1, 0.15) is 305 Å². The number of allylic oxidation sites excluding steroid dienone is 1. The SMILES string of the molecule is C=C(C)N1CCC2(C1)CN(C(C)(C)C)C2.CC(C)(C)N1CC2(CCN(C3CCC3)C2)C1.CC(C)CC(=O)N1CCC2(C1)CN(C(C)(C)C)C2.CCCC(=O)N1CCC2(C1)CN(C(C)(C)C)C2.CCN1CCC2(C1)CN(C(C)(C)C)C2.CCN1CCC2(C1)CN(C(C)(C)C)C2.CCOC(=O)N1CCC2(C1)CN(C(C)(C)C)C2.CN(C)C(=O)N1CCC2(C1)CN(C(C)(C)C)C2. The van der Waals surface area contributed by atoms with E-state index >= 15 is 0 Å². The van der Waals surface area contributed by atoms with Gasteiger partial charge in [-0.15, -0.1) is 0 Å². The van der Waals surface area contributed by atoms with Gasteiger partial charge in [0.15, 0.2) is 0 Å². The van der Waals surface area contributed by atoms with Crippen LogP contribution in [0.5, 0.6) is 0 Å². The van der Waals surface area contributed by atoms with Crippen molar-refractivity contribution in [2.24, 2.45) is 49.2 Å². The average molecular weight is 1790 g/mol. The number of nitrogens with zero attached hydrogens (tertiary/aromatic N) is 17. The number of hydrogen-bond donors (Lipinski definition) is 0. The lowest BCUT2D eigenvalue weighted by Crippen LogP contribution is -2.63. The number of likely N-dealkylation sites (tertiary alicyclic amines) is 16. The molecule has 8 spiro atoms. The number of hydrogen-bond acceptors (Lipinski definition) is 17. The molecule has 0 N–H and O–H groups in total. The van der Waals surface area contributed by atoms with Gasteiger partial charge in [-0.1, -0.05) is 47.6 Å². The highest BCUT2D eigenvalue weighted by Gasteiger charge is 2.59. The highest BCUT2D eigenvalue weighted by atomic mass is 16.6. The number of rotatable bonds is 9. The quantitative estimate of drug-likeness (QED) is 0.217. The first-order valence-electron chi connectivity index (χ1n) is 51.9. The molecule has 740 valence electrons. The van der Waals surface area contributed by atoms with Gasteiger partial charge in [0.05, 0.1) is 6.61 Å². The monoisotopic (exact) mass is 1790 g/mol. The van der Waals surface area contributed by atoms with E-state index in [1.54, 1.807) is 4.90 Å². The summed E-state index contributed by atoms with van der Waals surface area (Å²) in [5.41, 5.74) is 8.00. The van der Waals surface area contributed by atoms with Crippen LogP contribution < -0.4 is 0 Å². The molecule has 0 atom stereocenters. The van der Waals surface area contributed by atoms with Gasteiger partial charge in [0.1, 0.15) is 0 Å². The fourth-order valence-corrected chi connectivity index (χ4v) is 23.7. The first-order valence-corrected chi connectivity index (χ1v) is 51.9. The second-order valence-electron chi connectivity index (χ2n) is 53.9. The molecule has 1 aliphatic carbocycles. The lowest BCUT2D eigenvalue weighted by Gasteiger charge is -2.54. The van der Waals surface area contributed by atoms with Gasteiger partial charge in [0.25, 0.3) is 0 Å². The van der Waals surface area contributed by atoms with E-state index in [-0.39, 0.29) is 34.3 Å². The molecule has 0 aromatic heterocycles. The Morgan fingerprint density at radius 1 is 0.344 bits per heavy atom. The Bertz CT molecular complexity index is 3490. The average Bonchev–Trinajstić information content (AvgIpc) is 1.58. The molecule has 16 saturated heterocycles. The third-order valence-corrected chi connectivity index (χ3v) is 33.7. The summed E-state index contributed by atoms with van der Waals surface area (Å²) in [6, 6.07) is 1.12. The van der Waals surface area contributed by atoms with Crippen molar-refractivity contribution in [2.75, 3.05) is 243 Å². The minimum Gasteiger partial charge on any atom is -0.450 e. The van der Waals surface area contributed by atoms with E-state index in [0.717, 1.165) is 104 Å². The normalized spacial score (nSPS) is 26.1. The molecule has 0 bridgehead atoms. The zero-order valence-electron chi connectivity index (χ0n) is 89.7. The Morgan fingerprint density at radius 2 is 0.602 bits per heavy atom. The Hall–Kier alpha value is -3.42. The van der Waals surface area contributed by atoms with Crippen LogP contribution in [0.25, 0.3) is 0 Å². The summed E-state index contributed by atoms with van der Waals surface area (Å²) in [5.74, 6) is 1.19. The molecule has 0 aromatic carbocycles. The van der Waals surface area contributed by atoms with E-state index in [0.29, 0.717) is 96.2 Å². The highest BCUT2D eigenvalue weighted by Crippen LogP contribution is 2.51. The third kappa shape index (κ3) is 26.7. The second-order valence-corrected chi connectivity index (χ2v) is 53.9. The van der Waals surface area contributed by atoms with Crippen LogP contribution in [0.3, 0.4) is 0 Å². The summed E-state index contributed by atoms with van der Waals surface area (Å²) in [4.78, 5) is 88.2. The van der Waals surface area contributed by atoms with Gasteiger partial charge in [-0.2, -0.15) is 0 Å². The molecule has 17 fully saturated rings. The van der Waals surface area contributed by atoms with Crippen molar-refractivity contribution < 1.29 is 23.9 Å². The van der Waals surface area contributed by atoms with E-state index in [2.05, 4.69) is 283 Å². The summed E-state index contributed by atoms with van der Waals surface area (Å²) in [6.07, 6.45) is 17.0. The van der Waals surface area contributed by atoms with Gasteiger partial charge in [-0.3, -0.25) is 53.7 Å². The lowest BCUT2D eigenvalue weighted by atomic mass is 9.76. The van der Waals surface area contributed by atoms with Crippen LogP contribution >= 0.6 is 0 Å². The van der Waals surface area contributed by atoms with Crippen molar-refractivity contribution in [3.8, 4) is 0 Å². The van der Waals surface area contributed by atoms with Crippen LogP contribution in [0, 0.1) is 49.2 Å². The molecule has 16 aliphatic heterocycles. The predicted octanol–water partition coefficient (Wildman–Crippen LogP) is 16.2. The summed E-state index contributed by atoms with van der Waals surface area (Å²) < 4.78 is 5.06. The molecule has 0 aromatic rings. The van der Waals surface area contributed by atoms with Crippen LogP contribution in [0.2, 0.25) is 0 Å². The molecule has 22 nitrogen and oxygen atoms in total. The lowest BCUT2D eigenvalue weighted by molar-refractivity contribution is -0.133. The third-order valence-electron chi connectivity index (χ3n) is 33.7. The molecular formula is C106H201N17O5. The minimum atomic E-state index is -0.140. The van der Waals surface area contributed by atoms with E-state index in [4.69, 9.17) is 4.74 Å². The maximum Gasteiger partial charge on any atom is 0.409 e. The largest absolute Gasteiger partial charge is 0.450 e. The molecule has 17 aliphatic rings. The molecule has 16 heterocycles. The smallest absolute Gasteiger partial charge is 0.409 e. The minimum absolute atomic E-state index is 0.140. The van der Waals surface area contributed by atoms with Crippen molar-refractivity contribution in [2.45, 2.75) is 355 Å². The van der Waals surface area contributed by atoms with Gasteiger partial charge < -0.3 is 43.9 Å². The predicted molar refractivity (Wildman–Crippen MR) is 534 cm³/mol. The van der Waals surface area contributed by atoms with E-state index in [1.165, 1.54) is 214 Å². The zero-order chi connectivity index (χ0) is 95.2. The van der Waals surface area contributed by atoms with Crippen molar-refractivity contribution in [1.29, 1.82) is 0 Å². The molecule has 17 rings (SSSR count). The number of ether oxygens (including phenoxy) is 1. The first kappa shape index (κ1) is 107. The van der Waals surface area contributed by atoms with E-state index in [1.807, 2.05) is 30.8 Å². The van der Waals surface area contributed by atoms with Gasteiger partial charge in [-0.25, -0.2) is 9.59 Å². The summed E-state index contributed by atoms with van der Waals surface area (Å²) in [5, 5.41) is 0. The second kappa shape index (κ2) is 40.3. The van der Waals surface area contributed by atoms with Crippen molar-refractivity contribution >= 4 is 23.9 Å². The standard InChI is InChI=1S/C15H28N2O.C14H26N2O.C14H26N2.C13H25N3O.C13H24N2O2.C13H24N2.2C12H24N2/c1-12(2)8-13(18)16-7-6-15(9-16)10-17(11-15)14(3,4)5;1-5-6-12(17)15-8-7-14(9-15)10-16(11-14)13(2,3)4;1-13(2,3)16-10-14(11-16)7-8-15(9-14)12-5-4-6-12;1-12(2,3)16-9-13(10-16)6-7-15(8-13)11(17)14(4)5;1-5-17-11(16)14-7-6-13(8-14)9-15(10-13)12(2,3)4;1-11(2)14-7-6-13(8-14)9-15(10-13)12(3,4)5;2*1-5-13-7-6-12(8-13)9-14(10-12)11(2,3)4/h12H,6-11H2,1-5H3;5-11H2,1-4H3;12H,4-11H2,1-3H3;6-10H2,1-5H3;5-10H2,1-4H3;1,6-10H2,2-5H3;2*5-10H2,1-4H3. The first-order chi connectivity index (χ1) is 58.9. The molecule has 0 unspecified atom stereocenters. The zero-order valence-corrected chi connectivity index (χ0v) is 89.7. The summed E-state index contributed by atoms with van der Waals surface area (Å²) in [6.45, 7) is 115. The fourth-order valence-electron chi connectivity index (χ4n) is 23.7. The molecule has 128 heavy (non-hydrogen) atoms. The molecule has 0 radical (unpaired) electrons. The highest BCUT2D eigenvalue weighted by molar-refractivity contribution is 5.77. The molecule has 22 heteroatoms. The van der Waals surface area contributed by atoms with Crippen LogP contribution in [0.15, 0.2) is 12.3 Å². The van der Waals surface area contributed by atoms with Crippen LogP contribution in [-0.4, -0.2) is 401 Å². The Balaban J connectivity index is 0.000000153. The van der Waals surface area contributed by atoms with E-state index < -0.39 is 0 Å². The number of carbonyl (C=O) groups is 4. The maximum atomic E-state index is 12.1. The Kier molecular flexibility index (Phi) is 33.6. The van der Waals surface area contributed by atoms with Gasteiger partial charge in [0, 0.05) is 316 Å². The van der Waals surface area contributed by atoms with Crippen LogP contribution in [-0.2, 0) is 14.3 Å².